The molecule has 3 nitrogen and oxygen atoms in total. The molecule has 4 heteroatoms. The van der Waals surface area contributed by atoms with Crippen LogP contribution in [0.15, 0.2) is 23.7 Å². The lowest BCUT2D eigenvalue weighted by atomic mass is 10.4. The van der Waals surface area contributed by atoms with Crippen molar-refractivity contribution in [2.75, 3.05) is 5.73 Å². The van der Waals surface area contributed by atoms with Gasteiger partial charge in [-0.05, 0) is 18.4 Å². The van der Waals surface area contributed by atoms with Crippen molar-refractivity contribution >= 4 is 17.2 Å². The fraction of sp³-hybridized carbons (Fsp3) is 0.222. The highest BCUT2D eigenvalue weighted by Gasteiger charge is 2.01. The van der Waals surface area contributed by atoms with Crippen LogP contribution >= 0.6 is 11.3 Å². The fourth-order valence-corrected chi connectivity index (χ4v) is 1.87. The number of nitrogen functional groups attached to an aromatic ring is 1. The highest BCUT2D eigenvalue weighted by Crippen LogP contribution is 2.12. The maximum absolute atomic E-state index is 5.64. The Labute approximate surface area is 80.8 Å². The molecule has 0 spiro atoms. The van der Waals surface area contributed by atoms with E-state index >= 15 is 0 Å². The SMILES string of the molecule is Cc1cn(Cc2cccs2)nc1N. The van der Waals surface area contributed by atoms with Gasteiger partial charge >= 0.3 is 0 Å². The van der Waals surface area contributed by atoms with Gasteiger partial charge in [0, 0.05) is 16.6 Å². The highest BCUT2D eigenvalue weighted by atomic mass is 32.1. The molecule has 2 aromatic heterocycles. The Balaban J connectivity index is 2.19. The zero-order chi connectivity index (χ0) is 9.26. The highest BCUT2D eigenvalue weighted by molar-refractivity contribution is 7.09. The monoisotopic (exact) mass is 193 g/mol. The third-order valence-corrected chi connectivity index (χ3v) is 2.74. The number of nitrogens with two attached hydrogens (primary N) is 1. The van der Waals surface area contributed by atoms with Crippen molar-refractivity contribution in [2.45, 2.75) is 13.5 Å². The van der Waals surface area contributed by atoms with Crippen LogP contribution in [0.1, 0.15) is 10.4 Å². The molecule has 0 aliphatic rings. The van der Waals surface area contributed by atoms with Gasteiger partial charge in [-0.25, -0.2) is 0 Å². The Bertz CT molecular complexity index is 369. The van der Waals surface area contributed by atoms with Crippen LogP contribution in [-0.2, 0) is 6.54 Å². The van der Waals surface area contributed by atoms with Crippen LogP contribution in [0.2, 0.25) is 0 Å². The summed E-state index contributed by atoms with van der Waals surface area (Å²) < 4.78 is 1.87. The summed E-state index contributed by atoms with van der Waals surface area (Å²) in [5.74, 6) is 0.622. The smallest absolute Gasteiger partial charge is 0.148 e. The van der Waals surface area contributed by atoms with Gasteiger partial charge in [-0.3, -0.25) is 4.68 Å². The topological polar surface area (TPSA) is 43.8 Å². The van der Waals surface area contributed by atoms with Crippen LogP contribution in [0.3, 0.4) is 0 Å². The summed E-state index contributed by atoms with van der Waals surface area (Å²) in [6, 6.07) is 4.14. The molecule has 0 atom stereocenters. The first-order valence-corrected chi connectivity index (χ1v) is 4.95. The summed E-state index contributed by atoms with van der Waals surface area (Å²) in [6.45, 7) is 2.78. The van der Waals surface area contributed by atoms with E-state index in [9.17, 15) is 0 Å². The van der Waals surface area contributed by atoms with E-state index in [2.05, 4.69) is 16.5 Å². The largest absolute Gasteiger partial charge is 0.382 e. The molecule has 0 aliphatic carbocycles. The molecule has 0 bridgehead atoms. The lowest BCUT2D eigenvalue weighted by molar-refractivity contribution is 0.698. The van der Waals surface area contributed by atoms with Gasteiger partial charge < -0.3 is 5.73 Å². The van der Waals surface area contributed by atoms with E-state index in [1.165, 1.54) is 4.88 Å². The van der Waals surface area contributed by atoms with Crippen molar-refractivity contribution in [3.05, 3.63) is 34.2 Å². The van der Waals surface area contributed by atoms with Crippen LogP contribution in [0, 0.1) is 6.92 Å². The second kappa shape index (κ2) is 3.22. The Morgan fingerprint density at radius 1 is 1.62 bits per heavy atom. The van der Waals surface area contributed by atoms with Gasteiger partial charge in [0.15, 0.2) is 0 Å². The van der Waals surface area contributed by atoms with E-state index in [0.717, 1.165) is 12.1 Å². The minimum absolute atomic E-state index is 0.622. The van der Waals surface area contributed by atoms with Crippen LogP contribution in [0.4, 0.5) is 5.82 Å². The summed E-state index contributed by atoms with van der Waals surface area (Å²) in [7, 11) is 0. The molecule has 2 heterocycles. The number of thiophene rings is 1. The second-order valence-electron chi connectivity index (χ2n) is 2.97. The minimum Gasteiger partial charge on any atom is -0.382 e. The summed E-state index contributed by atoms with van der Waals surface area (Å²) >= 11 is 1.73. The van der Waals surface area contributed by atoms with E-state index < -0.39 is 0 Å². The number of nitrogens with zero attached hydrogens (tertiary/aromatic N) is 2. The third-order valence-electron chi connectivity index (χ3n) is 1.88. The first-order chi connectivity index (χ1) is 6.25. The molecular formula is C9H11N3S. The quantitative estimate of drug-likeness (QED) is 0.791. The maximum atomic E-state index is 5.64. The van der Waals surface area contributed by atoms with Crippen molar-refractivity contribution in [1.29, 1.82) is 0 Å². The van der Waals surface area contributed by atoms with Crippen molar-refractivity contribution < 1.29 is 0 Å². The maximum Gasteiger partial charge on any atom is 0.148 e. The normalized spacial score (nSPS) is 10.5. The molecule has 0 unspecified atom stereocenters. The lowest BCUT2D eigenvalue weighted by Crippen LogP contribution is -1.99. The molecule has 2 N–H and O–H groups in total. The first kappa shape index (κ1) is 8.31. The predicted molar refractivity (Wildman–Crippen MR) is 54.8 cm³/mol. The van der Waals surface area contributed by atoms with E-state index in [1.54, 1.807) is 11.3 Å². The Hall–Kier alpha value is -1.29. The molecule has 2 aromatic rings. The third kappa shape index (κ3) is 1.72. The van der Waals surface area contributed by atoms with Crippen LogP contribution in [0.25, 0.3) is 0 Å². The lowest BCUT2D eigenvalue weighted by Gasteiger charge is -1.96. The minimum atomic E-state index is 0.622. The number of rotatable bonds is 2. The molecule has 0 saturated carbocycles. The number of aromatic nitrogens is 2. The van der Waals surface area contributed by atoms with Gasteiger partial charge in [-0.1, -0.05) is 6.07 Å². The Morgan fingerprint density at radius 3 is 3.00 bits per heavy atom. The molecule has 0 radical (unpaired) electrons. The van der Waals surface area contributed by atoms with E-state index in [0.29, 0.717) is 5.82 Å². The molecule has 68 valence electrons. The number of anilines is 1. The summed E-state index contributed by atoms with van der Waals surface area (Å²) in [6.07, 6.45) is 1.97. The molecule has 0 fully saturated rings. The van der Waals surface area contributed by atoms with Crippen molar-refractivity contribution in [2.24, 2.45) is 0 Å². The summed E-state index contributed by atoms with van der Waals surface area (Å²) in [5.41, 5.74) is 6.68. The van der Waals surface area contributed by atoms with E-state index in [1.807, 2.05) is 23.9 Å². The summed E-state index contributed by atoms with van der Waals surface area (Å²) in [4.78, 5) is 1.29. The summed E-state index contributed by atoms with van der Waals surface area (Å²) in [5, 5.41) is 6.25. The zero-order valence-corrected chi connectivity index (χ0v) is 8.21. The van der Waals surface area contributed by atoms with Crippen LogP contribution < -0.4 is 5.73 Å². The van der Waals surface area contributed by atoms with Gasteiger partial charge in [0.2, 0.25) is 0 Å². The number of hydrogen-bond acceptors (Lipinski definition) is 3. The molecule has 13 heavy (non-hydrogen) atoms. The molecule has 0 aliphatic heterocycles. The van der Waals surface area contributed by atoms with E-state index in [4.69, 9.17) is 5.73 Å². The average Bonchev–Trinajstić information content (AvgIpc) is 2.64. The number of hydrogen-bond donors (Lipinski definition) is 1. The van der Waals surface area contributed by atoms with Gasteiger partial charge in [0.25, 0.3) is 0 Å². The van der Waals surface area contributed by atoms with Crippen molar-refractivity contribution in [1.82, 2.24) is 9.78 Å². The molecule has 0 amide bonds. The average molecular weight is 193 g/mol. The van der Waals surface area contributed by atoms with Crippen LogP contribution in [-0.4, -0.2) is 9.78 Å². The Kier molecular flexibility index (Phi) is 2.06. The molecular weight excluding hydrogens is 182 g/mol. The molecule has 0 saturated heterocycles. The zero-order valence-electron chi connectivity index (χ0n) is 7.40. The van der Waals surface area contributed by atoms with Crippen molar-refractivity contribution in [3.63, 3.8) is 0 Å². The molecule has 2 rings (SSSR count). The van der Waals surface area contributed by atoms with Crippen molar-refractivity contribution in [3.8, 4) is 0 Å². The second-order valence-corrected chi connectivity index (χ2v) is 4.01. The Morgan fingerprint density at radius 2 is 2.46 bits per heavy atom. The van der Waals surface area contributed by atoms with Gasteiger partial charge in [-0.15, -0.1) is 11.3 Å². The van der Waals surface area contributed by atoms with Gasteiger partial charge in [0.1, 0.15) is 5.82 Å². The predicted octanol–water partition coefficient (Wildman–Crippen LogP) is 1.88. The van der Waals surface area contributed by atoms with Gasteiger partial charge in [-0.2, -0.15) is 5.10 Å². The standard InChI is InChI=1S/C9H11N3S/c1-7-5-12(11-9(7)10)6-8-3-2-4-13-8/h2-5H,6H2,1H3,(H2,10,11). The number of aryl methyl sites for hydroxylation is 1. The van der Waals surface area contributed by atoms with E-state index in [-0.39, 0.29) is 0 Å². The van der Waals surface area contributed by atoms with Gasteiger partial charge in [0.05, 0.1) is 6.54 Å². The molecule has 0 aromatic carbocycles. The fourth-order valence-electron chi connectivity index (χ4n) is 1.18. The first-order valence-electron chi connectivity index (χ1n) is 4.07. The van der Waals surface area contributed by atoms with Crippen LogP contribution in [0.5, 0.6) is 0 Å².